The van der Waals surface area contributed by atoms with Gasteiger partial charge < -0.3 is 14.0 Å². The molecule has 0 unspecified atom stereocenters. The highest BCUT2D eigenvalue weighted by molar-refractivity contribution is 5.22. The Bertz CT molecular complexity index is 614. The molecule has 1 aromatic heterocycles. The Morgan fingerprint density at radius 1 is 1.41 bits per heavy atom. The number of nitrogens with zero attached hydrogens (tertiary/aromatic N) is 3. The van der Waals surface area contributed by atoms with Crippen molar-refractivity contribution >= 4 is 0 Å². The van der Waals surface area contributed by atoms with Crippen molar-refractivity contribution in [2.24, 2.45) is 0 Å². The van der Waals surface area contributed by atoms with Gasteiger partial charge >= 0.3 is 0 Å². The maximum Gasteiger partial charge on any atom is 0.252 e. The molecule has 1 aliphatic rings. The smallest absolute Gasteiger partial charge is 0.252 e. The Balaban J connectivity index is 1.75. The zero-order valence-electron chi connectivity index (χ0n) is 13.0. The monoisotopic (exact) mass is 303 g/mol. The van der Waals surface area contributed by atoms with E-state index in [-0.39, 0.29) is 6.04 Å². The summed E-state index contributed by atoms with van der Waals surface area (Å²) in [4.78, 5) is 6.74. The number of hydrogen-bond acceptors (Lipinski definition) is 6. The molecular weight excluding hydrogens is 282 g/mol. The minimum atomic E-state index is 0.0172. The van der Waals surface area contributed by atoms with E-state index in [9.17, 15) is 0 Å². The molecule has 0 radical (unpaired) electrons. The van der Waals surface area contributed by atoms with Crippen molar-refractivity contribution in [3.05, 3.63) is 47.1 Å². The van der Waals surface area contributed by atoms with Crippen LogP contribution in [0.5, 0.6) is 0 Å². The molecule has 0 N–H and O–H groups in total. The third-order valence-electron chi connectivity index (χ3n) is 3.76. The van der Waals surface area contributed by atoms with Crippen LogP contribution in [0.15, 0.2) is 28.8 Å². The summed E-state index contributed by atoms with van der Waals surface area (Å²) in [5.74, 6) is 1.16. The molecule has 118 valence electrons. The van der Waals surface area contributed by atoms with Crippen LogP contribution in [-0.2, 0) is 22.6 Å². The molecule has 1 atom stereocenters. The minimum Gasteiger partial charge on any atom is -0.378 e. The maximum atomic E-state index is 5.60. The lowest BCUT2D eigenvalue weighted by molar-refractivity contribution is -0.0166. The van der Waals surface area contributed by atoms with Gasteiger partial charge in [0.05, 0.1) is 19.3 Å². The van der Waals surface area contributed by atoms with Gasteiger partial charge in [0, 0.05) is 20.2 Å². The molecule has 0 spiro atoms. The highest BCUT2D eigenvalue weighted by Crippen LogP contribution is 2.24. The van der Waals surface area contributed by atoms with E-state index in [0.717, 1.165) is 19.7 Å². The molecular formula is C16H21N3O3. The largest absolute Gasteiger partial charge is 0.378 e. The van der Waals surface area contributed by atoms with Crippen molar-refractivity contribution in [2.45, 2.75) is 26.1 Å². The fourth-order valence-corrected chi connectivity index (χ4v) is 2.70. The average molecular weight is 303 g/mol. The first kappa shape index (κ1) is 15.1. The highest BCUT2D eigenvalue weighted by atomic mass is 16.5. The van der Waals surface area contributed by atoms with Crippen LogP contribution in [-0.4, -0.2) is 41.9 Å². The van der Waals surface area contributed by atoms with Crippen LogP contribution in [0, 0.1) is 6.92 Å². The van der Waals surface area contributed by atoms with Gasteiger partial charge in [0.2, 0.25) is 0 Å². The van der Waals surface area contributed by atoms with Crippen LogP contribution in [0.1, 0.15) is 28.9 Å². The van der Waals surface area contributed by atoms with Crippen molar-refractivity contribution in [3.63, 3.8) is 0 Å². The summed E-state index contributed by atoms with van der Waals surface area (Å²) in [5.41, 5.74) is 2.55. The first-order chi connectivity index (χ1) is 10.8. The molecule has 0 saturated carbocycles. The first-order valence-corrected chi connectivity index (χ1v) is 7.45. The van der Waals surface area contributed by atoms with E-state index in [1.807, 2.05) is 0 Å². The van der Waals surface area contributed by atoms with E-state index < -0.39 is 0 Å². The number of methoxy groups -OCH3 is 1. The van der Waals surface area contributed by atoms with E-state index in [4.69, 9.17) is 14.0 Å². The number of benzene rings is 1. The Morgan fingerprint density at radius 3 is 3.14 bits per heavy atom. The number of morpholine rings is 1. The number of aromatic nitrogens is 2. The Morgan fingerprint density at radius 2 is 2.32 bits per heavy atom. The summed E-state index contributed by atoms with van der Waals surface area (Å²) < 4.78 is 15.8. The predicted molar refractivity (Wildman–Crippen MR) is 80.2 cm³/mol. The van der Waals surface area contributed by atoms with Crippen LogP contribution >= 0.6 is 0 Å². The van der Waals surface area contributed by atoms with E-state index in [2.05, 4.69) is 46.2 Å². The predicted octanol–water partition coefficient (Wildman–Crippen LogP) is 2.10. The van der Waals surface area contributed by atoms with Crippen LogP contribution in [0.4, 0.5) is 0 Å². The third kappa shape index (κ3) is 3.52. The molecule has 22 heavy (non-hydrogen) atoms. The maximum absolute atomic E-state index is 5.60. The second kappa shape index (κ2) is 7.00. The second-order valence-corrected chi connectivity index (χ2v) is 5.53. The zero-order valence-corrected chi connectivity index (χ0v) is 13.0. The molecule has 0 amide bonds. The van der Waals surface area contributed by atoms with E-state index in [1.165, 1.54) is 11.1 Å². The lowest BCUT2D eigenvalue weighted by Gasteiger charge is -2.33. The molecule has 6 heteroatoms. The Hall–Kier alpha value is -1.76. The molecule has 0 aliphatic carbocycles. The second-order valence-electron chi connectivity index (χ2n) is 5.53. The van der Waals surface area contributed by atoms with Gasteiger partial charge in [-0.2, -0.15) is 4.98 Å². The molecule has 2 heterocycles. The topological polar surface area (TPSA) is 60.6 Å². The number of rotatable bonds is 5. The van der Waals surface area contributed by atoms with Gasteiger partial charge in [-0.15, -0.1) is 0 Å². The molecule has 2 aromatic rings. The summed E-state index contributed by atoms with van der Waals surface area (Å²) in [5, 5.41) is 4.08. The molecule has 1 aromatic carbocycles. The lowest BCUT2D eigenvalue weighted by Crippen LogP contribution is -2.39. The Kier molecular flexibility index (Phi) is 4.82. The van der Waals surface area contributed by atoms with Gasteiger partial charge in [-0.3, -0.25) is 4.90 Å². The molecule has 1 fully saturated rings. The van der Waals surface area contributed by atoms with Gasteiger partial charge in [0.15, 0.2) is 5.82 Å². The van der Waals surface area contributed by atoms with E-state index in [1.54, 1.807) is 7.11 Å². The standard InChI is InChI=1S/C16H21N3O3/c1-12-4-3-5-13(8-12)9-19-6-7-21-10-14(19)16-17-15(11-20-2)22-18-16/h3-5,8,14H,6-7,9-11H2,1-2H3/t14-/m0/s1. The van der Waals surface area contributed by atoms with Gasteiger partial charge in [-0.05, 0) is 12.5 Å². The van der Waals surface area contributed by atoms with Crippen molar-refractivity contribution in [1.29, 1.82) is 0 Å². The van der Waals surface area contributed by atoms with Crippen molar-refractivity contribution < 1.29 is 14.0 Å². The van der Waals surface area contributed by atoms with Crippen molar-refractivity contribution in [1.82, 2.24) is 15.0 Å². The van der Waals surface area contributed by atoms with Crippen molar-refractivity contribution in [3.8, 4) is 0 Å². The third-order valence-corrected chi connectivity index (χ3v) is 3.76. The molecule has 3 rings (SSSR count). The lowest BCUT2D eigenvalue weighted by atomic mass is 10.1. The molecule has 6 nitrogen and oxygen atoms in total. The van der Waals surface area contributed by atoms with Crippen LogP contribution in [0.3, 0.4) is 0 Å². The normalized spacial score (nSPS) is 19.5. The summed E-state index contributed by atoms with van der Waals surface area (Å²) >= 11 is 0. The summed E-state index contributed by atoms with van der Waals surface area (Å²) in [7, 11) is 1.61. The minimum absolute atomic E-state index is 0.0172. The molecule has 0 bridgehead atoms. The quantitative estimate of drug-likeness (QED) is 0.843. The first-order valence-electron chi connectivity index (χ1n) is 7.45. The van der Waals surface area contributed by atoms with Gasteiger partial charge in [-0.25, -0.2) is 0 Å². The summed E-state index contributed by atoms with van der Waals surface area (Å²) in [6, 6.07) is 8.57. The number of ether oxygens (including phenoxy) is 2. The zero-order chi connectivity index (χ0) is 15.4. The van der Waals surface area contributed by atoms with Gasteiger partial charge in [0.25, 0.3) is 5.89 Å². The van der Waals surface area contributed by atoms with E-state index >= 15 is 0 Å². The van der Waals surface area contributed by atoms with E-state index in [0.29, 0.717) is 24.9 Å². The molecule has 1 saturated heterocycles. The number of hydrogen-bond donors (Lipinski definition) is 0. The highest BCUT2D eigenvalue weighted by Gasteiger charge is 2.28. The van der Waals surface area contributed by atoms with Gasteiger partial charge in [0.1, 0.15) is 6.61 Å². The van der Waals surface area contributed by atoms with Gasteiger partial charge in [-0.1, -0.05) is 35.0 Å². The fraction of sp³-hybridized carbons (Fsp3) is 0.500. The van der Waals surface area contributed by atoms with Crippen LogP contribution in [0.25, 0.3) is 0 Å². The Labute approximate surface area is 130 Å². The SMILES string of the molecule is COCc1nc([C@@H]2COCCN2Cc2cccc(C)c2)no1. The van der Waals surface area contributed by atoms with Crippen molar-refractivity contribution in [2.75, 3.05) is 26.9 Å². The average Bonchev–Trinajstić information content (AvgIpc) is 2.97. The van der Waals surface area contributed by atoms with Crippen LogP contribution in [0.2, 0.25) is 0 Å². The van der Waals surface area contributed by atoms with Crippen LogP contribution < -0.4 is 0 Å². The summed E-state index contributed by atoms with van der Waals surface area (Å²) in [6.45, 7) is 5.45. The number of aryl methyl sites for hydroxylation is 1. The molecule has 1 aliphatic heterocycles. The fourth-order valence-electron chi connectivity index (χ4n) is 2.70. The summed E-state index contributed by atoms with van der Waals surface area (Å²) in [6.07, 6.45) is 0.